The third-order valence-corrected chi connectivity index (χ3v) is 3.81. The van der Waals surface area contributed by atoms with Crippen LogP contribution in [0.2, 0.25) is 0 Å². The van der Waals surface area contributed by atoms with Crippen molar-refractivity contribution in [1.29, 1.82) is 0 Å². The molecule has 6 N–H and O–H groups in total. The molecule has 0 aliphatic heterocycles. The van der Waals surface area contributed by atoms with Crippen molar-refractivity contribution in [1.82, 2.24) is 15.3 Å². The Bertz CT molecular complexity index is 760. The average Bonchev–Trinajstić information content (AvgIpc) is 2.47. The van der Waals surface area contributed by atoms with Crippen LogP contribution in [0.4, 0.5) is 22.1 Å². The highest BCUT2D eigenvalue weighted by Gasteiger charge is 2.11. The summed E-state index contributed by atoms with van der Waals surface area (Å²) in [4.78, 5) is 31.6. The molecule has 0 saturated carbocycles. The van der Waals surface area contributed by atoms with Gasteiger partial charge in [0, 0.05) is 11.8 Å². The van der Waals surface area contributed by atoms with Gasteiger partial charge in [0.25, 0.3) is 0 Å². The first kappa shape index (κ1) is 17.5. The second-order valence-electron chi connectivity index (χ2n) is 5.11. The second-order valence-corrected chi connectivity index (χ2v) is 6.05. The van der Waals surface area contributed by atoms with Crippen LogP contribution in [0.25, 0.3) is 0 Å². The fraction of sp³-hybridized carbons (Fsp3) is 0.200. The highest BCUT2D eigenvalue weighted by Crippen LogP contribution is 2.17. The zero-order valence-electron chi connectivity index (χ0n) is 13.3. The highest BCUT2D eigenvalue weighted by molar-refractivity contribution is 7.99. The number of hydrogen-bond acceptors (Lipinski definition) is 7. The van der Waals surface area contributed by atoms with Gasteiger partial charge in [-0.2, -0.15) is 0 Å². The van der Waals surface area contributed by atoms with E-state index in [1.165, 1.54) is 6.07 Å². The van der Waals surface area contributed by atoms with Crippen LogP contribution in [0, 0.1) is 13.8 Å². The molecule has 126 valence electrons. The smallest absolute Gasteiger partial charge is 0.325 e. The van der Waals surface area contributed by atoms with Gasteiger partial charge in [-0.05, 0) is 25.5 Å². The number of nitrogens with one attached hydrogen (secondary N) is 2. The fourth-order valence-corrected chi connectivity index (χ4v) is 2.60. The zero-order valence-corrected chi connectivity index (χ0v) is 14.1. The van der Waals surface area contributed by atoms with Crippen LogP contribution >= 0.6 is 11.8 Å². The minimum Gasteiger partial charge on any atom is -0.383 e. The summed E-state index contributed by atoms with van der Waals surface area (Å²) in [7, 11) is 0. The lowest BCUT2D eigenvalue weighted by Crippen LogP contribution is -2.35. The first-order valence-electron chi connectivity index (χ1n) is 7.04. The van der Waals surface area contributed by atoms with E-state index in [1.807, 2.05) is 26.0 Å². The Balaban J connectivity index is 1.86. The number of amides is 3. The maximum atomic E-state index is 11.9. The van der Waals surface area contributed by atoms with Gasteiger partial charge in [-0.1, -0.05) is 29.5 Å². The number of carbonyl (C=O) groups excluding carboxylic acids is 2. The number of nitrogen functional groups attached to an aromatic ring is 2. The number of aryl methyl sites for hydroxylation is 2. The SMILES string of the molecule is Cc1ccc(NC(=O)NC(=O)CSc2nc(N)cc(N)n2)c(C)c1. The van der Waals surface area contributed by atoms with Crippen LogP contribution < -0.4 is 22.1 Å². The number of nitrogens with two attached hydrogens (primary N) is 2. The Labute approximate surface area is 143 Å². The molecule has 0 saturated heterocycles. The Morgan fingerprint density at radius 3 is 2.42 bits per heavy atom. The molecular formula is C15H18N6O2S. The van der Waals surface area contributed by atoms with Crippen LogP contribution in [0.15, 0.2) is 29.4 Å². The van der Waals surface area contributed by atoms with Crippen molar-refractivity contribution < 1.29 is 9.59 Å². The maximum absolute atomic E-state index is 11.9. The summed E-state index contributed by atoms with van der Waals surface area (Å²) in [6, 6.07) is 6.42. The van der Waals surface area contributed by atoms with Gasteiger partial charge in [-0.3, -0.25) is 10.1 Å². The summed E-state index contributed by atoms with van der Waals surface area (Å²) in [5, 5.41) is 5.15. The number of rotatable bonds is 4. The van der Waals surface area contributed by atoms with E-state index < -0.39 is 11.9 Å². The molecule has 24 heavy (non-hydrogen) atoms. The quantitative estimate of drug-likeness (QED) is 0.488. The van der Waals surface area contributed by atoms with Gasteiger partial charge in [-0.15, -0.1) is 0 Å². The molecule has 0 unspecified atom stereocenters. The second kappa shape index (κ2) is 7.64. The minimum atomic E-state index is -0.597. The monoisotopic (exact) mass is 346 g/mol. The molecule has 1 heterocycles. The molecule has 0 radical (unpaired) electrons. The van der Waals surface area contributed by atoms with Gasteiger partial charge < -0.3 is 16.8 Å². The van der Waals surface area contributed by atoms with Gasteiger partial charge in [0.1, 0.15) is 11.6 Å². The number of hydrogen-bond donors (Lipinski definition) is 4. The zero-order chi connectivity index (χ0) is 17.7. The Hall–Kier alpha value is -2.81. The number of aromatic nitrogens is 2. The van der Waals surface area contributed by atoms with E-state index in [9.17, 15) is 9.59 Å². The Morgan fingerprint density at radius 2 is 1.79 bits per heavy atom. The van der Waals surface area contributed by atoms with Gasteiger partial charge in [0.05, 0.1) is 5.75 Å². The summed E-state index contributed by atoms with van der Waals surface area (Å²) < 4.78 is 0. The molecule has 3 amide bonds. The number of urea groups is 1. The Kier molecular flexibility index (Phi) is 5.59. The number of anilines is 3. The van der Waals surface area contributed by atoms with E-state index in [2.05, 4.69) is 20.6 Å². The van der Waals surface area contributed by atoms with Crippen LogP contribution in [0.3, 0.4) is 0 Å². The number of imide groups is 1. The molecule has 0 atom stereocenters. The molecule has 1 aromatic heterocycles. The number of thioether (sulfide) groups is 1. The molecule has 8 nitrogen and oxygen atoms in total. The normalized spacial score (nSPS) is 10.2. The lowest BCUT2D eigenvalue weighted by molar-refractivity contribution is -0.117. The predicted molar refractivity (Wildman–Crippen MR) is 94.7 cm³/mol. The van der Waals surface area contributed by atoms with Crippen molar-refractivity contribution in [3.63, 3.8) is 0 Å². The summed E-state index contributed by atoms with van der Waals surface area (Å²) in [5.74, 6) is -0.0775. The lowest BCUT2D eigenvalue weighted by atomic mass is 10.1. The molecule has 9 heteroatoms. The van der Waals surface area contributed by atoms with Crippen molar-refractivity contribution in [3.8, 4) is 0 Å². The van der Waals surface area contributed by atoms with Crippen LogP contribution in [0.5, 0.6) is 0 Å². The largest absolute Gasteiger partial charge is 0.383 e. The van der Waals surface area contributed by atoms with E-state index in [4.69, 9.17) is 11.5 Å². The molecule has 2 aromatic rings. The molecule has 0 spiro atoms. The topological polar surface area (TPSA) is 136 Å². The molecular weight excluding hydrogens is 328 g/mol. The summed E-state index contributed by atoms with van der Waals surface area (Å²) in [6.07, 6.45) is 0. The maximum Gasteiger partial charge on any atom is 0.325 e. The molecule has 0 aliphatic carbocycles. The van der Waals surface area contributed by atoms with Gasteiger partial charge >= 0.3 is 6.03 Å². The molecule has 0 fully saturated rings. The van der Waals surface area contributed by atoms with E-state index in [1.54, 1.807) is 6.07 Å². The van der Waals surface area contributed by atoms with Gasteiger partial charge in [0.15, 0.2) is 5.16 Å². The summed E-state index contributed by atoms with van der Waals surface area (Å²) in [6.45, 7) is 3.84. The highest BCUT2D eigenvalue weighted by atomic mass is 32.2. The first-order valence-corrected chi connectivity index (χ1v) is 8.03. The number of nitrogens with zero attached hydrogens (tertiary/aromatic N) is 2. The lowest BCUT2D eigenvalue weighted by Gasteiger charge is -2.09. The Morgan fingerprint density at radius 1 is 1.12 bits per heavy atom. The molecule has 0 aliphatic rings. The predicted octanol–water partition coefficient (Wildman–Crippen LogP) is 1.70. The third kappa shape index (κ3) is 5.13. The molecule has 2 rings (SSSR count). The average molecular weight is 346 g/mol. The fourth-order valence-electron chi connectivity index (χ4n) is 1.93. The first-order chi connectivity index (χ1) is 11.3. The van der Waals surface area contributed by atoms with Crippen molar-refractivity contribution in [2.75, 3.05) is 22.5 Å². The van der Waals surface area contributed by atoms with Crippen molar-refractivity contribution in [2.24, 2.45) is 0 Å². The van der Waals surface area contributed by atoms with E-state index in [-0.39, 0.29) is 22.5 Å². The van der Waals surface area contributed by atoms with E-state index in [0.717, 1.165) is 22.9 Å². The number of carbonyl (C=O) groups is 2. The van der Waals surface area contributed by atoms with E-state index in [0.29, 0.717) is 5.69 Å². The van der Waals surface area contributed by atoms with Crippen molar-refractivity contribution in [2.45, 2.75) is 19.0 Å². The third-order valence-electron chi connectivity index (χ3n) is 2.96. The number of benzene rings is 1. The van der Waals surface area contributed by atoms with Crippen molar-refractivity contribution >= 4 is 41.0 Å². The molecule has 0 bridgehead atoms. The van der Waals surface area contributed by atoms with E-state index >= 15 is 0 Å². The minimum absolute atomic E-state index is 0.0385. The van der Waals surface area contributed by atoms with Gasteiger partial charge in [-0.25, -0.2) is 14.8 Å². The van der Waals surface area contributed by atoms with Crippen LogP contribution in [-0.2, 0) is 4.79 Å². The summed E-state index contributed by atoms with van der Waals surface area (Å²) in [5.41, 5.74) is 13.7. The van der Waals surface area contributed by atoms with Crippen LogP contribution in [0.1, 0.15) is 11.1 Å². The van der Waals surface area contributed by atoms with Gasteiger partial charge in [0.2, 0.25) is 5.91 Å². The molecule has 1 aromatic carbocycles. The summed E-state index contributed by atoms with van der Waals surface area (Å²) >= 11 is 1.04. The van der Waals surface area contributed by atoms with Crippen molar-refractivity contribution in [3.05, 3.63) is 35.4 Å². The van der Waals surface area contributed by atoms with Crippen LogP contribution in [-0.4, -0.2) is 27.7 Å². The standard InChI is InChI=1S/C15H18N6O2S/c1-8-3-4-10(9(2)5-8)18-14(23)21-13(22)7-24-15-19-11(16)6-12(17)20-15/h3-6H,7H2,1-2H3,(H4,16,17,19,20)(H2,18,21,22,23).